The Morgan fingerprint density at radius 1 is 0.800 bits per heavy atom. The molecule has 102 valence electrons. The van der Waals surface area contributed by atoms with Gasteiger partial charge in [0.25, 0.3) is 0 Å². The number of carbonyl (C=O) groups excluding carboxylic acids is 2. The first-order chi connectivity index (χ1) is 9.75. The lowest BCUT2D eigenvalue weighted by atomic mass is 10.4. The molecule has 6 heteroatoms. The molecule has 0 N–H and O–H groups in total. The number of hydrogen-bond acceptors (Lipinski definition) is 6. The van der Waals surface area contributed by atoms with E-state index >= 15 is 0 Å². The third-order valence-corrected chi connectivity index (χ3v) is 2.28. The quantitative estimate of drug-likeness (QED) is 0.497. The van der Waals surface area contributed by atoms with E-state index < -0.39 is 11.9 Å². The molecule has 0 atom stereocenters. The lowest BCUT2D eigenvalue weighted by molar-refractivity contribution is -0.157. The van der Waals surface area contributed by atoms with Crippen molar-refractivity contribution in [1.29, 1.82) is 0 Å². The molecule has 2 aliphatic heterocycles. The first kappa shape index (κ1) is 13.7. The topological polar surface area (TPSA) is 77.3 Å². The van der Waals surface area contributed by atoms with E-state index in [0.717, 1.165) is 0 Å². The van der Waals surface area contributed by atoms with Crippen molar-refractivity contribution in [2.75, 3.05) is 0 Å². The highest BCUT2D eigenvalue weighted by molar-refractivity contribution is 6.33. The van der Waals surface area contributed by atoms with E-state index in [4.69, 9.17) is 9.47 Å². The third-order valence-electron chi connectivity index (χ3n) is 2.28. The number of ether oxygens (including phenoxy) is 2. The van der Waals surface area contributed by atoms with Crippen molar-refractivity contribution < 1.29 is 19.1 Å². The Morgan fingerprint density at radius 3 is 1.70 bits per heavy atom. The van der Waals surface area contributed by atoms with Crippen molar-refractivity contribution in [1.82, 2.24) is 0 Å². The van der Waals surface area contributed by atoms with Gasteiger partial charge < -0.3 is 9.47 Å². The SMILES string of the molecule is O=C(OC1=NC=CC=CC1)C(=O)OC1=NC=CC=CC1. The van der Waals surface area contributed by atoms with Crippen molar-refractivity contribution >= 4 is 23.7 Å². The van der Waals surface area contributed by atoms with Crippen LogP contribution in [0, 0.1) is 0 Å². The van der Waals surface area contributed by atoms with E-state index in [1.165, 1.54) is 12.4 Å². The summed E-state index contributed by atoms with van der Waals surface area (Å²) < 4.78 is 9.70. The highest BCUT2D eigenvalue weighted by Crippen LogP contribution is 2.02. The Labute approximate surface area is 115 Å². The lowest BCUT2D eigenvalue weighted by Crippen LogP contribution is -2.25. The van der Waals surface area contributed by atoms with Crippen LogP contribution in [0.2, 0.25) is 0 Å². The van der Waals surface area contributed by atoms with Crippen molar-refractivity contribution in [3.63, 3.8) is 0 Å². The van der Waals surface area contributed by atoms with E-state index in [1.54, 1.807) is 36.5 Å². The van der Waals surface area contributed by atoms with Gasteiger partial charge in [-0.2, -0.15) is 0 Å². The van der Waals surface area contributed by atoms with Gasteiger partial charge in [-0.15, -0.1) is 0 Å². The molecule has 0 bridgehead atoms. The maximum absolute atomic E-state index is 11.6. The minimum Gasteiger partial charge on any atom is -0.403 e. The predicted molar refractivity (Wildman–Crippen MR) is 72.8 cm³/mol. The van der Waals surface area contributed by atoms with Crippen LogP contribution < -0.4 is 0 Å². The van der Waals surface area contributed by atoms with Crippen LogP contribution in [0.25, 0.3) is 0 Å². The van der Waals surface area contributed by atoms with Gasteiger partial charge in [-0.1, -0.05) is 24.3 Å². The molecule has 0 aromatic carbocycles. The van der Waals surface area contributed by atoms with Gasteiger partial charge in [-0.05, 0) is 12.2 Å². The van der Waals surface area contributed by atoms with E-state index in [-0.39, 0.29) is 11.8 Å². The lowest BCUT2D eigenvalue weighted by Gasteiger charge is -2.05. The second kappa shape index (κ2) is 6.98. The third kappa shape index (κ3) is 4.16. The Balaban J connectivity index is 1.90. The van der Waals surface area contributed by atoms with Crippen LogP contribution in [-0.4, -0.2) is 23.7 Å². The van der Waals surface area contributed by atoms with Crippen molar-refractivity contribution in [2.24, 2.45) is 9.98 Å². The zero-order chi connectivity index (χ0) is 14.2. The average Bonchev–Trinajstić information content (AvgIpc) is 2.83. The molecular weight excluding hydrogens is 260 g/mol. The van der Waals surface area contributed by atoms with Gasteiger partial charge in [0, 0.05) is 25.2 Å². The zero-order valence-electron chi connectivity index (χ0n) is 10.6. The van der Waals surface area contributed by atoms with Crippen molar-refractivity contribution in [2.45, 2.75) is 12.8 Å². The molecule has 2 aliphatic rings. The average molecular weight is 272 g/mol. The number of rotatable bonds is 0. The fraction of sp³-hybridized carbons (Fsp3) is 0.143. The van der Waals surface area contributed by atoms with Crippen LogP contribution in [0.3, 0.4) is 0 Å². The van der Waals surface area contributed by atoms with Crippen molar-refractivity contribution in [3.05, 3.63) is 48.9 Å². The summed E-state index contributed by atoms with van der Waals surface area (Å²) in [6, 6.07) is 0. The van der Waals surface area contributed by atoms with Gasteiger partial charge in [0.15, 0.2) is 0 Å². The maximum atomic E-state index is 11.6. The molecule has 0 aliphatic carbocycles. The van der Waals surface area contributed by atoms with Crippen LogP contribution in [-0.2, 0) is 19.1 Å². The van der Waals surface area contributed by atoms with Crippen LogP contribution >= 0.6 is 0 Å². The predicted octanol–water partition coefficient (Wildman–Crippen LogP) is 1.82. The van der Waals surface area contributed by atoms with Gasteiger partial charge in [-0.25, -0.2) is 19.6 Å². The minimum atomic E-state index is -1.12. The molecule has 2 heterocycles. The first-order valence-corrected chi connectivity index (χ1v) is 5.96. The largest absolute Gasteiger partial charge is 0.424 e. The summed E-state index contributed by atoms with van der Waals surface area (Å²) in [5.74, 6) is -1.96. The monoisotopic (exact) mass is 272 g/mol. The summed E-state index contributed by atoms with van der Waals surface area (Å²) in [5.41, 5.74) is 0. The molecule has 0 saturated heterocycles. The van der Waals surface area contributed by atoms with Gasteiger partial charge in [-0.3, -0.25) is 0 Å². The van der Waals surface area contributed by atoms with Gasteiger partial charge in [0.2, 0.25) is 11.8 Å². The molecule has 0 fully saturated rings. The van der Waals surface area contributed by atoms with Crippen LogP contribution in [0.1, 0.15) is 12.8 Å². The highest BCUT2D eigenvalue weighted by atomic mass is 16.6. The normalized spacial score (nSPS) is 16.8. The molecule has 6 nitrogen and oxygen atoms in total. The molecule has 20 heavy (non-hydrogen) atoms. The van der Waals surface area contributed by atoms with E-state index in [1.807, 2.05) is 0 Å². The molecule has 0 amide bonds. The summed E-state index contributed by atoms with van der Waals surface area (Å²) in [6.07, 6.45) is 14.0. The minimum absolute atomic E-state index is 0.138. The number of aliphatic imine (C=N–C) groups is 2. The molecule has 0 unspecified atom stereocenters. The van der Waals surface area contributed by atoms with E-state index in [9.17, 15) is 9.59 Å². The Kier molecular flexibility index (Phi) is 4.77. The number of allylic oxidation sites excluding steroid dienone is 4. The van der Waals surface area contributed by atoms with Crippen molar-refractivity contribution in [3.8, 4) is 0 Å². The Bertz CT molecular complexity index is 528. The molecule has 0 saturated carbocycles. The fourth-order valence-corrected chi connectivity index (χ4v) is 1.39. The number of nitrogens with zero attached hydrogens (tertiary/aromatic N) is 2. The van der Waals surface area contributed by atoms with Crippen LogP contribution in [0.5, 0.6) is 0 Å². The van der Waals surface area contributed by atoms with Crippen LogP contribution in [0.4, 0.5) is 0 Å². The molecule has 0 aromatic rings. The molecule has 0 aromatic heterocycles. The molecule has 0 radical (unpaired) electrons. The van der Waals surface area contributed by atoms with Gasteiger partial charge in [0.05, 0.1) is 0 Å². The number of esters is 2. The summed E-state index contributed by atoms with van der Waals surface area (Å²) in [4.78, 5) is 30.9. The fourth-order valence-electron chi connectivity index (χ4n) is 1.39. The van der Waals surface area contributed by atoms with E-state index in [0.29, 0.717) is 12.8 Å². The Morgan fingerprint density at radius 2 is 1.25 bits per heavy atom. The van der Waals surface area contributed by atoms with Gasteiger partial charge in [0.1, 0.15) is 0 Å². The maximum Gasteiger partial charge on any atom is 0.424 e. The summed E-state index contributed by atoms with van der Waals surface area (Å²) >= 11 is 0. The number of carbonyl (C=O) groups is 2. The first-order valence-electron chi connectivity index (χ1n) is 5.96. The van der Waals surface area contributed by atoms with Crippen LogP contribution in [0.15, 0.2) is 58.8 Å². The second-order valence-electron chi connectivity index (χ2n) is 3.77. The molecule has 2 rings (SSSR count). The molecule has 0 spiro atoms. The number of hydrogen-bond donors (Lipinski definition) is 0. The zero-order valence-corrected chi connectivity index (χ0v) is 10.6. The highest BCUT2D eigenvalue weighted by Gasteiger charge is 2.22. The summed E-state index contributed by atoms with van der Waals surface area (Å²) in [6.45, 7) is 0. The van der Waals surface area contributed by atoms with Gasteiger partial charge >= 0.3 is 11.9 Å². The molecular formula is C14H12N2O4. The second-order valence-corrected chi connectivity index (χ2v) is 3.77. The summed E-state index contributed by atoms with van der Waals surface area (Å²) in [7, 11) is 0. The summed E-state index contributed by atoms with van der Waals surface area (Å²) in [5, 5.41) is 0. The smallest absolute Gasteiger partial charge is 0.403 e. The Hall–Kier alpha value is -2.76. The standard InChI is InChI=1S/C14H12N2O4/c17-13(19-11-7-3-1-5-9-15-11)14(18)20-12-8-4-2-6-10-16-12/h1-6,9-10H,7-8H2. The van der Waals surface area contributed by atoms with E-state index in [2.05, 4.69) is 9.98 Å².